The van der Waals surface area contributed by atoms with Crippen LogP contribution in [0.25, 0.3) is 27.1 Å². The van der Waals surface area contributed by atoms with Crippen molar-refractivity contribution in [2.45, 2.75) is 11.3 Å². The number of para-hydroxylation sites is 1. The van der Waals surface area contributed by atoms with Crippen LogP contribution in [0.1, 0.15) is 5.69 Å². The fourth-order valence-corrected chi connectivity index (χ4v) is 7.37. The number of ether oxygens (including phenoxy) is 1. The molecule has 0 saturated carbocycles. The monoisotopic (exact) mass is 565 g/mol. The fourth-order valence-electron chi connectivity index (χ4n) is 4.86. The van der Waals surface area contributed by atoms with Crippen LogP contribution < -0.4 is 0 Å². The molecule has 11 heteroatoms. The van der Waals surface area contributed by atoms with E-state index in [4.69, 9.17) is 4.74 Å². The third-order valence-corrected chi connectivity index (χ3v) is 9.84. The van der Waals surface area contributed by atoms with E-state index in [0.29, 0.717) is 44.8 Å². The van der Waals surface area contributed by atoms with Crippen molar-refractivity contribution in [2.24, 2.45) is 0 Å². The number of imidazole rings is 1. The number of sulfonamides is 1. The molecule has 1 saturated heterocycles. The molecule has 1 aliphatic rings. The highest BCUT2D eigenvalue weighted by atomic mass is 32.2. The molecule has 1 fully saturated rings. The summed E-state index contributed by atoms with van der Waals surface area (Å²) in [5, 5.41) is 2.81. The lowest BCUT2D eigenvalue weighted by molar-refractivity contribution is 0.0363. The lowest BCUT2D eigenvalue weighted by Gasteiger charge is -2.29. The summed E-state index contributed by atoms with van der Waals surface area (Å²) in [6.07, 6.45) is 4.06. The topological polar surface area (TPSA) is 80.0 Å². The van der Waals surface area contributed by atoms with Crippen molar-refractivity contribution in [2.75, 3.05) is 45.9 Å². The van der Waals surface area contributed by atoms with Gasteiger partial charge in [-0.2, -0.15) is 4.31 Å². The second-order valence-corrected chi connectivity index (χ2v) is 12.2. The van der Waals surface area contributed by atoms with Crippen molar-refractivity contribution in [1.82, 2.24) is 23.6 Å². The second kappa shape index (κ2) is 11.1. The van der Waals surface area contributed by atoms with Gasteiger partial charge in [-0.15, -0.1) is 11.3 Å². The normalized spacial score (nSPS) is 15.0. The zero-order chi connectivity index (χ0) is 26.8. The van der Waals surface area contributed by atoms with Gasteiger partial charge >= 0.3 is 0 Å². The van der Waals surface area contributed by atoms with Crippen LogP contribution in [0, 0.1) is 5.82 Å². The SMILES string of the molecule is O=S(=O)(c1cccc2cccnc12)N(CCc1csc2nc(-c3ccc(F)cc3)cn12)CCN1CCOCC1. The van der Waals surface area contributed by atoms with Gasteiger partial charge in [0.15, 0.2) is 4.96 Å². The number of hydrogen-bond acceptors (Lipinski definition) is 7. The first-order valence-corrected chi connectivity index (χ1v) is 15.2. The number of thiazole rings is 1. The van der Waals surface area contributed by atoms with Crippen LogP contribution in [0.2, 0.25) is 0 Å². The van der Waals surface area contributed by atoms with E-state index in [1.807, 2.05) is 34.2 Å². The van der Waals surface area contributed by atoms with Crippen molar-refractivity contribution >= 4 is 37.2 Å². The average Bonchev–Trinajstić information content (AvgIpc) is 3.55. The zero-order valence-electron chi connectivity index (χ0n) is 21.2. The molecule has 3 aromatic heterocycles. The molecule has 0 amide bonds. The Morgan fingerprint density at radius 3 is 2.64 bits per heavy atom. The number of pyridine rings is 1. The van der Waals surface area contributed by atoms with E-state index >= 15 is 0 Å². The molecule has 5 aromatic rings. The van der Waals surface area contributed by atoms with Crippen molar-refractivity contribution < 1.29 is 17.5 Å². The minimum Gasteiger partial charge on any atom is -0.379 e. The Kier molecular flexibility index (Phi) is 7.41. The van der Waals surface area contributed by atoms with E-state index in [-0.39, 0.29) is 10.7 Å². The maximum Gasteiger partial charge on any atom is 0.245 e. The van der Waals surface area contributed by atoms with Crippen LogP contribution in [0.15, 0.2) is 77.3 Å². The number of aromatic nitrogens is 3. The standard InChI is InChI=1S/C28H28FN5O3S2/c29-23-8-6-21(7-9-23)25-19-34-24(20-38-28(34)31-25)10-12-33(14-13-32-15-17-37-18-16-32)39(35,36)26-5-1-3-22-4-2-11-30-27(22)26/h1-9,11,19-20H,10,12-18H2. The number of benzene rings is 2. The molecule has 39 heavy (non-hydrogen) atoms. The molecular weight excluding hydrogens is 537 g/mol. The number of halogens is 1. The van der Waals surface area contributed by atoms with Crippen molar-refractivity contribution in [1.29, 1.82) is 0 Å². The van der Waals surface area contributed by atoms with Gasteiger partial charge in [0.05, 0.1) is 24.4 Å². The van der Waals surface area contributed by atoms with Crippen LogP contribution in [-0.2, 0) is 21.2 Å². The van der Waals surface area contributed by atoms with E-state index in [9.17, 15) is 12.8 Å². The average molecular weight is 566 g/mol. The number of fused-ring (bicyclic) bond motifs is 2. The number of nitrogens with zero attached hydrogens (tertiary/aromatic N) is 5. The van der Waals surface area contributed by atoms with Gasteiger partial charge in [0.1, 0.15) is 10.7 Å². The first-order chi connectivity index (χ1) is 19.0. The highest BCUT2D eigenvalue weighted by Crippen LogP contribution is 2.27. The predicted molar refractivity (Wildman–Crippen MR) is 150 cm³/mol. The first-order valence-electron chi connectivity index (χ1n) is 12.8. The van der Waals surface area contributed by atoms with Gasteiger partial charge in [-0.1, -0.05) is 18.2 Å². The molecule has 0 bridgehead atoms. The highest BCUT2D eigenvalue weighted by molar-refractivity contribution is 7.89. The summed E-state index contributed by atoms with van der Waals surface area (Å²) in [5.41, 5.74) is 3.03. The van der Waals surface area contributed by atoms with E-state index in [0.717, 1.165) is 40.4 Å². The maximum absolute atomic E-state index is 14.1. The Hall–Kier alpha value is -3.22. The van der Waals surface area contributed by atoms with Gasteiger partial charge in [-0.25, -0.2) is 17.8 Å². The molecule has 202 valence electrons. The quantitative estimate of drug-likeness (QED) is 0.265. The summed E-state index contributed by atoms with van der Waals surface area (Å²) in [5.74, 6) is -0.291. The maximum atomic E-state index is 14.1. The molecule has 1 aliphatic heterocycles. The van der Waals surface area contributed by atoms with Gasteiger partial charge in [0.25, 0.3) is 0 Å². The molecule has 2 aromatic carbocycles. The Balaban J connectivity index is 1.28. The predicted octanol–water partition coefficient (Wildman–Crippen LogP) is 4.32. The lowest BCUT2D eigenvalue weighted by Crippen LogP contribution is -2.43. The minimum absolute atomic E-state index is 0.222. The third-order valence-electron chi connectivity index (χ3n) is 7.02. The Labute approximate surface area is 230 Å². The van der Waals surface area contributed by atoms with Crippen molar-refractivity contribution in [3.05, 3.63) is 83.9 Å². The molecule has 4 heterocycles. The van der Waals surface area contributed by atoms with E-state index in [1.54, 1.807) is 34.8 Å². The number of hydrogen-bond donors (Lipinski definition) is 0. The van der Waals surface area contributed by atoms with Crippen LogP contribution in [0.4, 0.5) is 4.39 Å². The molecule has 6 rings (SSSR count). The Bertz CT molecular complexity index is 1690. The second-order valence-electron chi connectivity index (χ2n) is 9.45. The highest BCUT2D eigenvalue weighted by Gasteiger charge is 2.28. The van der Waals surface area contributed by atoms with Crippen molar-refractivity contribution in [3.63, 3.8) is 0 Å². The Morgan fingerprint density at radius 2 is 1.82 bits per heavy atom. The molecule has 0 aliphatic carbocycles. The lowest BCUT2D eigenvalue weighted by atomic mass is 10.2. The van der Waals surface area contributed by atoms with Crippen LogP contribution in [0.3, 0.4) is 0 Å². The molecular formula is C28H28FN5O3S2. The molecule has 0 N–H and O–H groups in total. The summed E-state index contributed by atoms with van der Waals surface area (Å²) in [6, 6.07) is 15.2. The summed E-state index contributed by atoms with van der Waals surface area (Å²) < 4.78 is 50.5. The van der Waals surface area contributed by atoms with Crippen molar-refractivity contribution in [3.8, 4) is 11.3 Å². The first kappa shape index (κ1) is 26.0. The van der Waals surface area contributed by atoms with Gasteiger partial charge < -0.3 is 4.74 Å². The molecule has 0 unspecified atom stereocenters. The van der Waals surface area contributed by atoms with Crippen LogP contribution >= 0.6 is 11.3 Å². The summed E-state index contributed by atoms with van der Waals surface area (Å²) >= 11 is 1.50. The van der Waals surface area contributed by atoms with Gasteiger partial charge in [0, 0.05) is 73.6 Å². The molecule has 0 radical (unpaired) electrons. The molecule has 8 nitrogen and oxygen atoms in total. The smallest absolute Gasteiger partial charge is 0.245 e. The van der Waals surface area contributed by atoms with E-state index < -0.39 is 10.0 Å². The summed E-state index contributed by atoms with van der Waals surface area (Å²) in [7, 11) is -3.82. The van der Waals surface area contributed by atoms with Gasteiger partial charge in [-0.3, -0.25) is 14.3 Å². The Morgan fingerprint density at radius 1 is 1.03 bits per heavy atom. The summed E-state index contributed by atoms with van der Waals surface area (Å²) in [4.78, 5) is 12.4. The summed E-state index contributed by atoms with van der Waals surface area (Å²) in [6.45, 7) is 4.19. The fraction of sp³-hybridized carbons (Fsp3) is 0.286. The van der Waals surface area contributed by atoms with Gasteiger partial charge in [0.2, 0.25) is 10.0 Å². The molecule has 0 spiro atoms. The van der Waals surface area contributed by atoms with E-state index in [1.165, 1.54) is 23.5 Å². The van der Waals surface area contributed by atoms with Crippen LogP contribution in [-0.4, -0.2) is 77.9 Å². The van der Waals surface area contributed by atoms with Gasteiger partial charge in [-0.05, 0) is 36.4 Å². The van der Waals surface area contributed by atoms with E-state index in [2.05, 4.69) is 14.9 Å². The third kappa shape index (κ3) is 5.45. The number of morpholine rings is 1. The van der Waals surface area contributed by atoms with Crippen LogP contribution in [0.5, 0.6) is 0 Å². The largest absolute Gasteiger partial charge is 0.379 e. The number of rotatable bonds is 9. The zero-order valence-corrected chi connectivity index (χ0v) is 22.9. The molecule has 0 atom stereocenters. The minimum atomic E-state index is -3.82.